The smallest absolute Gasteiger partial charge is 0.306 e. The molecule has 2 atom stereocenters. The standard InChI is InChI=1S/C12H21NO4/c1-15-11(14)2-5-13-10-3-6-17-12(8-10)4-7-16-9-12/h10,13H,2-9H2,1H3. The van der Waals surface area contributed by atoms with Crippen LogP contribution in [0.5, 0.6) is 0 Å². The first-order valence-electron chi connectivity index (χ1n) is 6.26. The van der Waals surface area contributed by atoms with Crippen molar-refractivity contribution in [2.24, 2.45) is 0 Å². The molecule has 0 aromatic rings. The average molecular weight is 243 g/mol. The molecule has 2 aliphatic rings. The van der Waals surface area contributed by atoms with Gasteiger partial charge >= 0.3 is 5.97 Å². The van der Waals surface area contributed by atoms with Crippen molar-refractivity contribution < 1.29 is 19.0 Å². The number of rotatable bonds is 4. The number of ether oxygens (including phenoxy) is 3. The minimum absolute atomic E-state index is 0.0683. The first-order chi connectivity index (χ1) is 8.24. The number of hydrogen-bond acceptors (Lipinski definition) is 5. The van der Waals surface area contributed by atoms with Gasteiger partial charge in [0.25, 0.3) is 0 Å². The molecule has 0 aromatic heterocycles. The van der Waals surface area contributed by atoms with Gasteiger partial charge in [-0.2, -0.15) is 0 Å². The molecule has 2 fully saturated rings. The van der Waals surface area contributed by atoms with Gasteiger partial charge in [-0.05, 0) is 12.8 Å². The summed E-state index contributed by atoms with van der Waals surface area (Å²) in [5, 5.41) is 3.40. The molecular weight excluding hydrogens is 222 g/mol. The fourth-order valence-electron chi connectivity index (χ4n) is 2.55. The summed E-state index contributed by atoms with van der Waals surface area (Å²) in [6.07, 6.45) is 3.40. The van der Waals surface area contributed by atoms with E-state index in [1.54, 1.807) is 0 Å². The maximum absolute atomic E-state index is 11.0. The monoisotopic (exact) mass is 243 g/mol. The Morgan fingerprint density at radius 1 is 1.53 bits per heavy atom. The molecule has 2 saturated heterocycles. The molecule has 2 rings (SSSR count). The predicted molar refractivity (Wildman–Crippen MR) is 61.8 cm³/mol. The van der Waals surface area contributed by atoms with Crippen LogP contribution >= 0.6 is 0 Å². The van der Waals surface area contributed by atoms with Crippen LogP contribution in [0.1, 0.15) is 25.7 Å². The van der Waals surface area contributed by atoms with Gasteiger partial charge in [-0.1, -0.05) is 0 Å². The molecule has 0 saturated carbocycles. The highest BCUT2D eigenvalue weighted by molar-refractivity contribution is 5.69. The second-order valence-electron chi connectivity index (χ2n) is 4.80. The second kappa shape index (κ2) is 5.80. The average Bonchev–Trinajstić information content (AvgIpc) is 2.77. The van der Waals surface area contributed by atoms with Crippen LogP contribution in [-0.4, -0.2) is 51.1 Å². The number of esters is 1. The van der Waals surface area contributed by atoms with E-state index in [2.05, 4.69) is 10.1 Å². The zero-order chi connectivity index (χ0) is 12.1. The fraction of sp³-hybridized carbons (Fsp3) is 0.917. The number of carbonyl (C=O) groups excluding carboxylic acids is 1. The molecule has 5 heteroatoms. The normalized spacial score (nSPS) is 32.9. The summed E-state index contributed by atoms with van der Waals surface area (Å²) in [7, 11) is 1.42. The van der Waals surface area contributed by atoms with Crippen LogP contribution < -0.4 is 5.32 Å². The van der Waals surface area contributed by atoms with E-state index in [1.807, 2.05) is 0 Å². The molecule has 0 amide bonds. The third-order valence-corrected chi connectivity index (χ3v) is 3.55. The third-order valence-electron chi connectivity index (χ3n) is 3.55. The lowest BCUT2D eigenvalue weighted by atomic mass is 9.89. The Kier molecular flexibility index (Phi) is 4.36. The van der Waals surface area contributed by atoms with Gasteiger partial charge in [0.15, 0.2) is 0 Å². The molecule has 2 unspecified atom stereocenters. The first-order valence-corrected chi connectivity index (χ1v) is 6.26. The predicted octanol–water partition coefficient (Wildman–Crippen LogP) is 0.477. The Balaban J connectivity index is 1.72. The molecule has 98 valence electrons. The van der Waals surface area contributed by atoms with Crippen molar-refractivity contribution in [3.8, 4) is 0 Å². The SMILES string of the molecule is COC(=O)CCNC1CCOC2(CCOC2)C1. The number of hydrogen-bond donors (Lipinski definition) is 1. The quantitative estimate of drug-likeness (QED) is 0.728. The summed E-state index contributed by atoms with van der Waals surface area (Å²) in [5.41, 5.74) is -0.0683. The molecule has 1 spiro atoms. The van der Waals surface area contributed by atoms with E-state index in [1.165, 1.54) is 7.11 Å². The van der Waals surface area contributed by atoms with Crippen LogP contribution in [0.2, 0.25) is 0 Å². The van der Waals surface area contributed by atoms with Gasteiger partial charge in [0.05, 0.1) is 25.7 Å². The zero-order valence-corrected chi connectivity index (χ0v) is 10.4. The van der Waals surface area contributed by atoms with Crippen molar-refractivity contribution in [3.05, 3.63) is 0 Å². The third kappa shape index (κ3) is 3.40. The summed E-state index contributed by atoms with van der Waals surface area (Å²) in [5.74, 6) is -0.163. The van der Waals surface area contributed by atoms with Gasteiger partial charge in [-0.25, -0.2) is 0 Å². The highest BCUT2D eigenvalue weighted by Crippen LogP contribution is 2.32. The van der Waals surface area contributed by atoms with E-state index in [0.29, 0.717) is 25.6 Å². The molecule has 0 radical (unpaired) electrons. The maximum Gasteiger partial charge on any atom is 0.306 e. The fourth-order valence-corrected chi connectivity index (χ4v) is 2.55. The van der Waals surface area contributed by atoms with Crippen molar-refractivity contribution in [3.63, 3.8) is 0 Å². The first kappa shape index (κ1) is 12.8. The van der Waals surface area contributed by atoms with Gasteiger partial charge < -0.3 is 19.5 Å². The van der Waals surface area contributed by atoms with Gasteiger partial charge in [0, 0.05) is 32.2 Å². The van der Waals surface area contributed by atoms with Crippen molar-refractivity contribution in [1.82, 2.24) is 5.32 Å². The maximum atomic E-state index is 11.0. The van der Waals surface area contributed by atoms with Crippen LogP contribution in [0.3, 0.4) is 0 Å². The van der Waals surface area contributed by atoms with Crippen LogP contribution in [0.15, 0.2) is 0 Å². The number of carbonyl (C=O) groups is 1. The van der Waals surface area contributed by atoms with E-state index in [4.69, 9.17) is 9.47 Å². The lowest BCUT2D eigenvalue weighted by molar-refractivity contribution is -0.140. The summed E-state index contributed by atoms with van der Waals surface area (Å²) in [4.78, 5) is 11.0. The topological polar surface area (TPSA) is 56.8 Å². The molecule has 2 heterocycles. The summed E-state index contributed by atoms with van der Waals surface area (Å²) in [6, 6.07) is 0.426. The molecule has 2 aliphatic heterocycles. The summed E-state index contributed by atoms with van der Waals surface area (Å²) < 4.78 is 15.9. The Labute approximate surface area is 102 Å². The molecule has 5 nitrogen and oxygen atoms in total. The molecule has 0 bridgehead atoms. The van der Waals surface area contributed by atoms with E-state index in [-0.39, 0.29) is 11.6 Å². The van der Waals surface area contributed by atoms with E-state index in [9.17, 15) is 4.79 Å². The molecule has 0 aromatic carbocycles. The van der Waals surface area contributed by atoms with Gasteiger partial charge in [-0.3, -0.25) is 4.79 Å². The largest absolute Gasteiger partial charge is 0.469 e. The Bertz CT molecular complexity index is 263. The lowest BCUT2D eigenvalue weighted by Gasteiger charge is -2.37. The van der Waals surface area contributed by atoms with Crippen LogP contribution in [0.25, 0.3) is 0 Å². The van der Waals surface area contributed by atoms with Crippen molar-refractivity contribution >= 4 is 5.97 Å². The number of methoxy groups -OCH3 is 1. The van der Waals surface area contributed by atoms with Crippen LogP contribution in [0.4, 0.5) is 0 Å². The molecule has 17 heavy (non-hydrogen) atoms. The van der Waals surface area contributed by atoms with Gasteiger partial charge in [-0.15, -0.1) is 0 Å². The number of nitrogens with one attached hydrogen (secondary N) is 1. The molecule has 1 N–H and O–H groups in total. The molecular formula is C12H21NO4. The van der Waals surface area contributed by atoms with Gasteiger partial charge in [0.2, 0.25) is 0 Å². The minimum Gasteiger partial charge on any atom is -0.469 e. The van der Waals surface area contributed by atoms with Gasteiger partial charge in [0.1, 0.15) is 0 Å². The van der Waals surface area contributed by atoms with Crippen molar-refractivity contribution in [1.29, 1.82) is 0 Å². The minimum atomic E-state index is -0.163. The Morgan fingerprint density at radius 3 is 3.12 bits per heavy atom. The Morgan fingerprint density at radius 2 is 2.41 bits per heavy atom. The lowest BCUT2D eigenvalue weighted by Crippen LogP contribution is -2.47. The van der Waals surface area contributed by atoms with E-state index < -0.39 is 0 Å². The van der Waals surface area contributed by atoms with E-state index >= 15 is 0 Å². The van der Waals surface area contributed by atoms with E-state index in [0.717, 1.165) is 32.5 Å². The van der Waals surface area contributed by atoms with Crippen LogP contribution in [-0.2, 0) is 19.0 Å². The highest BCUT2D eigenvalue weighted by atomic mass is 16.6. The molecule has 0 aliphatic carbocycles. The second-order valence-corrected chi connectivity index (χ2v) is 4.80. The zero-order valence-electron chi connectivity index (χ0n) is 10.4. The highest BCUT2D eigenvalue weighted by Gasteiger charge is 2.40. The van der Waals surface area contributed by atoms with Crippen LogP contribution in [0, 0.1) is 0 Å². The van der Waals surface area contributed by atoms with Crippen molar-refractivity contribution in [2.45, 2.75) is 37.3 Å². The summed E-state index contributed by atoms with van der Waals surface area (Å²) in [6.45, 7) is 2.96. The summed E-state index contributed by atoms with van der Waals surface area (Å²) >= 11 is 0. The Hall–Kier alpha value is -0.650. The van der Waals surface area contributed by atoms with Crippen molar-refractivity contribution in [2.75, 3.05) is 33.5 Å².